The topological polar surface area (TPSA) is 54.7 Å². The highest BCUT2D eigenvalue weighted by Gasteiger charge is 2.67. The van der Waals surface area contributed by atoms with Crippen LogP contribution in [0.4, 0.5) is 0 Å². The number of aromatic nitrogens is 1. The molecule has 0 radical (unpaired) electrons. The molecular weight excluding hydrogens is 398 g/mol. The Bertz CT molecular complexity index is 1130. The highest BCUT2D eigenvalue weighted by Crippen LogP contribution is 2.65. The molecule has 2 amide bonds. The highest BCUT2D eigenvalue weighted by atomic mass is 35.5. The third kappa shape index (κ3) is 2.33. The van der Waals surface area contributed by atoms with Gasteiger partial charge in [0.1, 0.15) is 0 Å². The zero-order valence-electron chi connectivity index (χ0n) is 16.8. The van der Waals surface area contributed by atoms with E-state index in [2.05, 4.69) is 21.8 Å². The van der Waals surface area contributed by atoms with Crippen molar-refractivity contribution >= 4 is 29.6 Å². The molecule has 5 aliphatic rings. The number of hydrogen-bond donors (Lipinski definition) is 0. The lowest BCUT2D eigenvalue weighted by atomic mass is 9.63. The van der Waals surface area contributed by atoms with Crippen molar-refractivity contribution in [2.45, 2.75) is 20.3 Å². The molecule has 0 spiro atoms. The van der Waals surface area contributed by atoms with Crippen LogP contribution in [0.2, 0.25) is 5.02 Å². The fraction of sp³-hybridized carbons (Fsp3) is 0.375. The number of allylic oxidation sites excluding steroid dienone is 2. The van der Waals surface area contributed by atoms with Gasteiger partial charge in [0.2, 0.25) is 0 Å². The predicted octanol–water partition coefficient (Wildman–Crippen LogP) is 4.13. The second kappa shape index (κ2) is 6.17. The average molecular weight is 420 g/mol. The van der Waals surface area contributed by atoms with Crippen molar-refractivity contribution < 1.29 is 9.59 Å². The largest absolute Gasteiger partial charge is 0.316 e. The van der Waals surface area contributed by atoms with Crippen LogP contribution in [0.1, 0.15) is 23.4 Å². The van der Waals surface area contributed by atoms with E-state index in [1.807, 2.05) is 44.2 Å². The van der Waals surface area contributed by atoms with Crippen molar-refractivity contribution in [3.05, 3.63) is 64.5 Å². The van der Waals surface area contributed by atoms with E-state index in [1.165, 1.54) is 0 Å². The van der Waals surface area contributed by atoms with Gasteiger partial charge in [0.15, 0.2) is 0 Å². The Morgan fingerprint density at radius 1 is 1.03 bits per heavy atom. The zero-order valence-corrected chi connectivity index (χ0v) is 17.6. The number of rotatable bonds is 3. The van der Waals surface area contributed by atoms with Gasteiger partial charge in [-0.25, -0.2) is 0 Å². The number of aryl methyl sites for hydroxylation is 1. The molecule has 2 aromatic rings. The van der Waals surface area contributed by atoms with E-state index in [1.54, 1.807) is 6.21 Å². The van der Waals surface area contributed by atoms with Crippen molar-refractivity contribution in [3.63, 3.8) is 0 Å². The van der Waals surface area contributed by atoms with Crippen molar-refractivity contribution in [3.8, 4) is 5.69 Å². The number of carbonyl (C=O) groups is 2. The van der Waals surface area contributed by atoms with Gasteiger partial charge in [-0.2, -0.15) is 10.1 Å². The Hall–Kier alpha value is -2.66. The van der Waals surface area contributed by atoms with Crippen LogP contribution in [0.3, 0.4) is 0 Å². The van der Waals surface area contributed by atoms with Crippen LogP contribution >= 0.6 is 11.6 Å². The number of amides is 2. The molecule has 30 heavy (non-hydrogen) atoms. The Morgan fingerprint density at radius 3 is 2.30 bits per heavy atom. The van der Waals surface area contributed by atoms with E-state index >= 15 is 0 Å². The van der Waals surface area contributed by atoms with E-state index in [0.717, 1.165) is 34.1 Å². The van der Waals surface area contributed by atoms with Gasteiger partial charge in [-0.3, -0.25) is 9.59 Å². The molecule has 2 bridgehead atoms. The first-order chi connectivity index (χ1) is 14.5. The van der Waals surface area contributed by atoms with E-state index < -0.39 is 0 Å². The standard InChI is InChI=1S/C24H22ClN3O2/c1-12-9-14(13(2)27(12)20-6-4-3-5-19(20)25)11-26-28-23(29)21-15-7-8-16(18-10-17(15)18)22(21)24(28)30/h3-9,11,15-18,21-22H,10H2,1-2H3/b26-11-/t15-,16-,17-,18-,21-,22+/m0/s1. The summed E-state index contributed by atoms with van der Waals surface area (Å²) in [6.45, 7) is 3.99. The first kappa shape index (κ1) is 18.1. The summed E-state index contributed by atoms with van der Waals surface area (Å²) in [4.78, 5) is 26.2. The number of benzene rings is 1. The molecule has 1 saturated heterocycles. The normalized spacial score (nSPS) is 33.5. The summed E-state index contributed by atoms with van der Waals surface area (Å²) in [7, 11) is 0. The molecule has 5 nitrogen and oxygen atoms in total. The highest BCUT2D eigenvalue weighted by molar-refractivity contribution is 6.32. The summed E-state index contributed by atoms with van der Waals surface area (Å²) in [5.41, 5.74) is 3.74. The molecule has 6 heteroatoms. The van der Waals surface area contributed by atoms with Crippen molar-refractivity contribution in [2.24, 2.45) is 40.6 Å². The molecule has 1 aromatic heterocycles. The van der Waals surface area contributed by atoms with Crippen LogP contribution in [0.5, 0.6) is 0 Å². The molecule has 2 heterocycles. The maximum atomic E-state index is 13.1. The Morgan fingerprint density at radius 2 is 1.67 bits per heavy atom. The number of hydrogen-bond acceptors (Lipinski definition) is 3. The van der Waals surface area contributed by atoms with Gasteiger partial charge < -0.3 is 4.57 Å². The summed E-state index contributed by atoms with van der Waals surface area (Å²) in [5, 5.41) is 6.18. The lowest BCUT2D eigenvalue weighted by molar-refractivity contribution is -0.140. The molecule has 0 N–H and O–H groups in total. The minimum absolute atomic E-state index is 0.133. The number of nitrogens with zero attached hydrogens (tertiary/aromatic N) is 3. The number of halogens is 1. The van der Waals surface area contributed by atoms with E-state index in [0.29, 0.717) is 16.9 Å². The van der Waals surface area contributed by atoms with Gasteiger partial charge in [0.05, 0.1) is 28.8 Å². The molecule has 6 atom stereocenters. The number of imide groups is 1. The number of hydrazone groups is 1. The lowest BCUT2D eigenvalue weighted by Gasteiger charge is -2.37. The maximum Gasteiger partial charge on any atom is 0.254 e. The molecule has 1 aromatic carbocycles. The molecular formula is C24H22ClN3O2. The Kier molecular flexibility index (Phi) is 3.73. The average Bonchev–Trinajstić information content (AvgIpc) is 3.46. The summed E-state index contributed by atoms with van der Waals surface area (Å²) in [5.74, 6) is 0.913. The quantitative estimate of drug-likeness (QED) is 0.426. The molecule has 7 rings (SSSR count). The Labute approximate surface area is 180 Å². The molecule has 3 fully saturated rings. The van der Waals surface area contributed by atoms with E-state index in [-0.39, 0.29) is 35.5 Å². The van der Waals surface area contributed by atoms with Crippen molar-refractivity contribution in [1.82, 2.24) is 9.58 Å². The number of para-hydroxylation sites is 1. The monoisotopic (exact) mass is 419 g/mol. The minimum atomic E-state index is -0.219. The van der Waals surface area contributed by atoms with E-state index in [9.17, 15) is 9.59 Å². The van der Waals surface area contributed by atoms with Gasteiger partial charge >= 0.3 is 0 Å². The van der Waals surface area contributed by atoms with Gasteiger partial charge in [0.25, 0.3) is 11.8 Å². The van der Waals surface area contributed by atoms with E-state index in [4.69, 9.17) is 11.6 Å². The van der Waals surface area contributed by atoms with Crippen molar-refractivity contribution in [2.75, 3.05) is 0 Å². The minimum Gasteiger partial charge on any atom is -0.316 e. The first-order valence-corrected chi connectivity index (χ1v) is 10.9. The van der Waals surface area contributed by atoms with Gasteiger partial charge in [0, 0.05) is 17.0 Å². The molecule has 1 aliphatic heterocycles. The summed E-state index contributed by atoms with van der Waals surface area (Å²) < 4.78 is 2.06. The van der Waals surface area contributed by atoms with Crippen LogP contribution in [0.15, 0.2) is 47.6 Å². The second-order valence-electron chi connectivity index (χ2n) is 9.00. The second-order valence-corrected chi connectivity index (χ2v) is 9.41. The SMILES string of the molecule is Cc1cc(/C=N\N2C(=O)[C@@H]3[C@H]4C=C[C@@H]([C@@H]5C[C@@H]45)[C@@H]3C2=O)c(C)n1-c1ccccc1Cl. The van der Waals surface area contributed by atoms with Gasteiger partial charge in [-0.05, 0) is 62.1 Å². The van der Waals surface area contributed by atoms with Crippen molar-refractivity contribution in [1.29, 1.82) is 0 Å². The zero-order chi connectivity index (χ0) is 20.7. The molecule has 4 aliphatic carbocycles. The van der Waals surface area contributed by atoms with Crippen LogP contribution in [-0.2, 0) is 9.59 Å². The van der Waals surface area contributed by atoms with Gasteiger partial charge in [-0.15, -0.1) is 0 Å². The predicted molar refractivity (Wildman–Crippen MR) is 114 cm³/mol. The molecule has 152 valence electrons. The summed E-state index contributed by atoms with van der Waals surface area (Å²) in [6.07, 6.45) is 7.15. The van der Waals surface area contributed by atoms with Crippen LogP contribution in [-0.4, -0.2) is 27.6 Å². The van der Waals surface area contributed by atoms with Crippen LogP contribution in [0, 0.1) is 49.4 Å². The smallest absolute Gasteiger partial charge is 0.254 e. The Balaban J connectivity index is 1.32. The van der Waals surface area contributed by atoms with Crippen LogP contribution < -0.4 is 0 Å². The fourth-order valence-corrected chi connectivity index (χ4v) is 6.32. The number of carbonyl (C=O) groups excluding carboxylic acids is 2. The third-order valence-corrected chi connectivity index (χ3v) is 7.84. The summed E-state index contributed by atoms with van der Waals surface area (Å²) >= 11 is 6.39. The summed E-state index contributed by atoms with van der Waals surface area (Å²) in [6, 6.07) is 9.68. The first-order valence-electron chi connectivity index (χ1n) is 10.5. The lowest BCUT2D eigenvalue weighted by Crippen LogP contribution is -2.40. The van der Waals surface area contributed by atoms with Crippen LogP contribution in [0.25, 0.3) is 5.69 Å². The maximum absolute atomic E-state index is 13.1. The molecule has 2 saturated carbocycles. The molecule has 0 unspecified atom stereocenters. The van der Waals surface area contributed by atoms with Gasteiger partial charge in [-0.1, -0.05) is 35.9 Å². The third-order valence-electron chi connectivity index (χ3n) is 7.52. The fourth-order valence-electron chi connectivity index (χ4n) is 6.10.